The van der Waals surface area contributed by atoms with E-state index in [0.29, 0.717) is 0 Å². The molecule has 80 valence electrons. The van der Waals surface area contributed by atoms with Crippen LogP contribution in [0.5, 0.6) is 0 Å². The lowest BCUT2D eigenvalue weighted by Gasteiger charge is -2.26. The highest BCUT2D eigenvalue weighted by Gasteiger charge is 2.10. The summed E-state index contributed by atoms with van der Waals surface area (Å²) in [6.07, 6.45) is 5.31. The molecule has 0 amide bonds. The van der Waals surface area contributed by atoms with Gasteiger partial charge in [0.05, 0.1) is 0 Å². The molecule has 1 unspecified atom stereocenters. The summed E-state index contributed by atoms with van der Waals surface area (Å²) in [5.41, 5.74) is 0. The van der Waals surface area contributed by atoms with Crippen molar-refractivity contribution in [3.8, 4) is 0 Å². The van der Waals surface area contributed by atoms with E-state index in [1.807, 2.05) is 11.9 Å². The van der Waals surface area contributed by atoms with E-state index < -0.39 is 0 Å². The molecule has 0 aromatic heterocycles. The Morgan fingerprint density at radius 1 is 1.15 bits per heavy atom. The van der Waals surface area contributed by atoms with Crippen molar-refractivity contribution in [1.82, 2.24) is 4.31 Å². The first-order valence-electron chi connectivity index (χ1n) is 5.65. The molecular formula is C11H25NS. The molecule has 0 aliphatic rings. The van der Waals surface area contributed by atoms with E-state index in [1.165, 1.54) is 38.0 Å². The fraction of sp³-hybridized carbons (Fsp3) is 1.00. The van der Waals surface area contributed by atoms with Gasteiger partial charge in [-0.25, -0.2) is 4.31 Å². The number of hydrogen-bond acceptors (Lipinski definition) is 2. The highest BCUT2D eigenvalue weighted by molar-refractivity contribution is 7.97. The molecule has 0 aromatic rings. The highest BCUT2D eigenvalue weighted by Crippen LogP contribution is 2.18. The summed E-state index contributed by atoms with van der Waals surface area (Å²) in [5, 5.41) is 0. The average molecular weight is 203 g/mol. The van der Waals surface area contributed by atoms with Crippen LogP contribution >= 0.6 is 11.9 Å². The van der Waals surface area contributed by atoms with Crippen molar-refractivity contribution in [3.05, 3.63) is 0 Å². The number of rotatable bonds is 8. The molecule has 0 radical (unpaired) electrons. The van der Waals surface area contributed by atoms with Crippen LogP contribution in [0, 0.1) is 0 Å². The Bertz CT molecular complexity index is 106. The Morgan fingerprint density at radius 3 is 2.31 bits per heavy atom. The van der Waals surface area contributed by atoms with Gasteiger partial charge in [-0.2, -0.15) is 0 Å². The third-order valence-corrected chi connectivity index (χ3v) is 3.78. The Morgan fingerprint density at radius 2 is 1.85 bits per heavy atom. The van der Waals surface area contributed by atoms with Gasteiger partial charge >= 0.3 is 0 Å². The van der Waals surface area contributed by atoms with Crippen molar-refractivity contribution in [3.63, 3.8) is 0 Å². The van der Waals surface area contributed by atoms with Crippen LogP contribution in [0.25, 0.3) is 0 Å². The molecule has 13 heavy (non-hydrogen) atoms. The number of hydrogen-bond donors (Lipinski definition) is 0. The van der Waals surface area contributed by atoms with E-state index in [9.17, 15) is 0 Å². The van der Waals surface area contributed by atoms with Crippen LogP contribution in [0.15, 0.2) is 0 Å². The van der Waals surface area contributed by atoms with E-state index in [1.54, 1.807) is 0 Å². The summed E-state index contributed by atoms with van der Waals surface area (Å²) in [7, 11) is 0. The third-order valence-electron chi connectivity index (χ3n) is 2.24. The quantitative estimate of drug-likeness (QED) is 0.550. The summed E-state index contributed by atoms with van der Waals surface area (Å²) >= 11 is 2.01. The Hall–Kier alpha value is 0.310. The molecule has 2 heteroatoms. The minimum atomic E-state index is 0.751. The number of unbranched alkanes of at least 4 members (excludes halogenated alkanes) is 1. The summed E-state index contributed by atoms with van der Waals surface area (Å²) in [6, 6.07) is 0.751. The molecule has 0 aromatic carbocycles. The minimum Gasteiger partial charge on any atom is -0.248 e. The van der Waals surface area contributed by atoms with Gasteiger partial charge in [0.1, 0.15) is 0 Å². The van der Waals surface area contributed by atoms with Crippen LogP contribution < -0.4 is 0 Å². The highest BCUT2D eigenvalue weighted by atomic mass is 32.2. The largest absolute Gasteiger partial charge is 0.248 e. The zero-order valence-electron chi connectivity index (χ0n) is 9.68. The van der Waals surface area contributed by atoms with Crippen molar-refractivity contribution < 1.29 is 0 Å². The monoisotopic (exact) mass is 203 g/mol. The van der Waals surface area contributed by atoms with Crippen LogP contribution in [-0.4, -0.2) is 22.6 Å². The lowest BCUT2D eigenvalue weighted by molar-refractivity contribution is 0.362. The second kappa shape index (κ2) is 8.89. The predicted molar refractivity (Wildman–Crippen MR) is 64.1 cm³/mol. The molecule has 0 aliphatic carbocycles. The smallest absolute Gasteiger partial charge is 0.0174 e. The predicted octanol–water partition coefficient (Wildman–Crippen LogP) is 3.95. The maximum Gasteiger partial charge on any atom is 0.0174 e. The van der Waals surface area contributed by atoms with Crippen LogP contribution in [0.2, 0.25) is 0 Å². The molecular weight excluding hydrogens is 178 g/mol. The van der Waals surface area contributed by atoms with Crippen LogP contribution in [0.4, 0.5) is 0 Å². The van der Waals surface area contributed by atoms with Crippen molar-refractivity contribution >= 4 is 11.9 Å². The molecule has 0 aliphatic heterocycles. The van der Waals surface area contributed by atoms with Gasteiger partial charge in [-0.3, -0.25) is 0 Å². The molecule has 0 rings (SSSR count). The van der Waals surface area contributed by atoms with Crippen LogP contribution in [0.3, 0.4) is 0 Å². The first kappa shape index (κ1) is 13.3. The van der Waals surface area contributed by atoms with Crippen molar-refractivity contribution in [2.24, 2.45) is 0 Å². The van der Waals surface area contributed by atoms with Crippen LogP contribution in [0.1, 0.15) is 53.4 Å². The Balaban J connectivity index is 3.63. The SMILES string of the molecule is CCCCC(C)N(CC)SCCC. The van der Waals surface area contributed by atoms with E-state index in [0.717, 1.165) is 6.04 Å². The molecule has 0 heterocycles. The summed E-state index contributed by atoms with van der Waals surface area (Å²) in [4.78, 5) is 0. The summed E-state index contributed by atoms with van der Waals surface area (Å²) < 4.78 is 2.53. The molecule has 0 spiro atoms. The Labute approximate surface area is 88.4 Å². The molecule has 1 nitrogen and oxygen atoms in total. The molecule has 1 atom stereocenters. The summed E-state index contributed by atoms with van der Waals surface area (Å²) in [5.74, 6) is 1.27. The zero-order chi connectivity index (χ0) is 10.1. The molecule has 0 N–H and O–H groups in total. The average Bonchev–Trinajstić information content (AvgIpc) is 2.16. The van der Waals surface area contributed by atoms with Crippen molar-refractivity contribution in [1.29, 1.82) is 0 Å². The fourth-order valence-electron chi connectivity index (χ4n) is 1.38. The third kappa shape index (κ3) is 6.39. The minimum absolute atomic E-state index is 0.751. The molecule has 0 saturated carbocycles. The zero-order valence-corrected chi connectivity index (χ0v) is 10.5. The molecule has 0 saturated heterocycles. The lowest BCUT2D eigenvalue weighted by atomic mass is 10.1. The van der Waals surface area contributed by atoms with E-state index >= 15 is 0 Å². The van der Waals surface area contributed by atoms with E-state index in [-0.39, 0.29) is 0 Å². The second-order valence-corrected chi connectivity index (χ2v) is 4.69. The first-order valence-corrected chi connectivity index (χ1v) is 6.60. The normalized spacial score (nSPS) is 13.6. The van der Waals surface area contributed by atoms with Gasteiger partial charge in [-0.1, -0.05) is 45.6 Å². The van der Waals surface area contributed by atoms with Gasteiger partial charge in [0.25, 0.3) is 0 Å². The van der Waals surface area contributed by atoms with E-state index in [4.69, 9.17) is 0 Å². The molecule has 0 bridgehead atoms. The van der Waals surface area contributed by atoms with Crippen molar-refractivity contribution in [2.45, 2.75) is 59.4 Å². The lowest BCUT2D eigenvalue weighted by Crippen LogP contribution is -2.26. The fourth-order valence-corrected chi connectivity index (χ4v) is 2.34. The maximum atomic E-state index is 2.53. The van der Waals surface area contributed by atoms with Gasteiger partial charge in [0.2, 0.25) is 0 Å². The van der Waals surface area contributed by atoms with Crippen LogP contribution in [-0.2, 0) is 0 Å². The molecule has 0 fully saturated rings. The summed E-state index contributed by atoms with van der Waals surface area (Å²) in [6.45, 7) is 10.3. The van der Waals surface area contributed by atoms with Gasteiger partial charge in [0.15, 0.2) is 0 Å². The van der Waals surface area contributed by atoms with Crippen molar-refractivity contribution in [2.75, 3.05) is 12.3 Å². The van der Waals surface area contributed by atoms with Gasteiger partial charge in [-0.15, -0.1) is 0 Å². The standard InChI is InChI=1S/C11H25NS/c1-5-8-9-11(4)12(7-3)13-10-6-2/h11H,5-10H2,1-4H3. The number of nitrogens with zero attached hydrogens (tertiary/aromatic N) is 1. The van der Waals surface area contributed by atoms with Gasteiger partial charge in [0, 0.05) is 18.3 Å². The first-order chi connectivity index (χ1) is 6.26. The maximum absolute atomic E-state index is 2.53. The second-order valence-electron chi connectivity index (χ2n) is 3.56. The Kier molecular flexibility index (Phi) is 9.10. The van der Waals surface area contributed by atoms with E-state index in [2.05, 4.69) is 32.0 Å². The van der Waals surface area contributed by atoms with Gasteiger partial charge in [-0.05, 0) is 19.8 Å². The topological polar surface area (TPSA) is 3.24 Å². The van der Waals surface area contributed by atoms with Gasteiger partial charge < -0.3 is 0 Å².